The minimum Gasteiger partial charge on any atom is -0.264 e. The monoisotopic (exact) mass is 177 g/mol. The van der Waals surface area contributed by atoms with Crippen molar-refractivity contribution in [3.63, 3.8) is 0 Å². The van der Waals surface area contributed by atoms with Crippen molar-refractivity contribution in [3.8, 4) is 0 Å². The van der Waals surface area contributed by atoms with E-state index in [1.165, 1.54) is 0 Å². The third-order valence-corrected chi connectivity index (χ3v) is 2.87. The molecule has 0 unspecified atom stereocenters. The highest BCUT2D eigenvalue weighted by Crippen LogP contribution is 2.20. The van der Waals surface area contributed by atoms with Crippen molar-refractivity contribution in [2.24, 2.45) is 0 Å². The van der Waals surface area contributed by atoms with Crippen LogP contribution in [0, 0.1) is 10.1 Å². The van der Waals surface area contributed by atoms with Crippen molar-refractivity contribution >= 4 is 11.8 Å². The molecule has 0 heterocycles. The molecule has 0 spiro atoms. The van der Waals surface area contributed by atoms with E-state index in [-0.39, 0.29) is 10.2 Å². The molecule has 0 N–H and O–H groups in total. The molecule has 0 amide bonds. The van der Waals surface area contributed by atoms with Gasteiger partial charge in [-0.2, -0.15) is 0 Å². The molecule has 0 bridgehead atoms. The van der Waals surface area contributed by atoms with E-state index in [4.69, 9.17) is 0 Å². The smallest absolute Gasteiger partial charge is 0.221 e. The average molecular weight is 177 g/mol. The molecule has 0 aliphatic rings. The van der Waals surface area contributed by atoms with Crippen molar-refractivity contribution in [1.29, 1.82) is 0 Å². The first-order valence-corrected chi connectivity index (χ1v) is 4.68. The van der Waals surface area contributed by atoms with Crippen LogP contribution in [0.3, 0.4) is 0 Å². The van der Waals surface area contributed by atoms with Crippen molar-refractivity contribution in [1.82, 2.24) is 0 Å². The molecule has 66 valence electrons. The Morgan fingerprint density at radius 2 is 1.73 bits per heavy atom. The van der Waals surface area contributed by atoms with E-state index in [1.807, 2.05) is 20.8 Å². The van der Waals surface area contributed by atoms with Gasteiger partial charge in [0.15, 0.2) is 0 Å². The molecule has 0 aromatic carbocycles. The summed E-state index contributed by atoms with van der Waals surface area (Å²) in [5.74, 6) is 0. The fraction of sp³-hybridized carbons (Fsp3) is 1.00. The molecule has 0 radical (unpaired) electrons. The van der Waals surface area contributed by atoms with Crippen LogP contribution in [0.2, 0.25) is 0 Å². The van der Waals surface area contributed by atoms with E-state index in [1.54, 1.807) is 18.7 Å². The van der Waals surface area contributed by atoms with Crippen molar-refractivity contribution in [3.05, 3.63) is 10.1 Å². The van der Waals surface area contributed by atoms with Gasteiger partial charge in [0.05, 0.1) is 5.25 Å². The van der Waals surface area contributed by atoms with Crippen LogP contribution in [0.25, 0.3) is 0 Å². The Morgan fingerprint density at radius 3 is 2.00 bits per heavy atom. The van der Waals surface area contributed by atoms with Gasteiger partial charge in [0.25, 0.3) is 0 Å². The first-order chi connectivity index (χ1) is 4.95. The lowest BCUT2D eigenvalue weighted by molar-refractivity contribution is -0.516. The number of nitrogens with zero attached hydrogens (tertiary/aromatic N) is 1. The molecular formula is C7H15NO2S. The summed E-state index contributed by atoms with van der Waals surface area (Å²) >= 11 is 1.65. The second kappa shape index (κ2) is 4.59. The zero-order valence-electron chi connectivity index (χ0n) is 7.40. The van der Waals surface area contributed by atoms with Crippen LogP contribution in [0.5, 0.6) is 0 Å². The lowest BCUT2D eigenvalue weighted by atomic mass is 10.3. The number of rotatable bonds is 4. The van der Waals surface area contributed by atoms with E-state index >= 15 is 0 Å². The molecule has 0 saturated carbocycles. The molecule has 0 aromatic heterocycles. The summed E-state index contributed by atoms with van der Waals surface area (Å²) < 4.78 is 0. The van der Waals surface area contributed by atoms with Crippen LogP contribution in [0.4, 0.5) is 0 Å². The largest absolute Gasteiger partial charge is 0.264 e. The van der Waals surface area contributed by atoms with E-state index in [0.717, 1.165) is 0 Å². The highest BCUT2D eigenvalue weighted by atomic mass is 32.2. The number of hydrogen-bond donors (Lipinski definition) is 0. The highest BCUT2D eigenvalue weighted by molar-refractivity contribution is 8.00. The second-order valence-corrected chi connectivity index (χ2v) is 4.87. The molecule has 0 fully saturated rings. The summed E-state index contributed by atoms with van der Waals surface area (Å²) in [6.07, 6.45) is 0. The van der Waals surface area contributed by atoms with Gasteiger partial charge in [-0.3, -0.25) is 10.1 Å². The lowest BCUT2D eigenvalue weighted by Crippen LogP contribution is -2.26. The third kappa shape index (κ3) is 4.24. The van der Waals surface area contributed by atoms with Gasteiger partial charge in [-0.15, -0.1) is 11.8 Å². The fourth-order valence-electron chi connectivity index (χ4n) is 0.714. The average Bonchev–Trinajstić information content (AvgIpc) is 1.84. The van der Waals surface area contributed by atoms with Gasteiger partial charge in [-0.1, -0.05) is 13.8 Å². The van der Waals surface area contributed by atoms with Crippen molar-refractivity contribution < 1.29 is 4.92 Å². The van der Waals surface area contributed by atoms with Gasteiger partial charge in [0.1, 0.15) is 0 Å². The minimum atomic E-state index is -0.442. The molecule has 4 heteroatoms. The molecule has 0 aromatic rings. The van der Waals surface area contributed by atoms with Crippen LogP contribution in [-0.4, -0.2) is 21.5 Å². The van der Waals surface area contributed by atoms with Crippen LogP contribution in [0.15, 0.2) is 0 Å². The minimum absolute atomic E-state index is 0.102. The molecule has 0 rings (SSSR count). The first kappa shape index (κ1) is 10.8. The number of nitro groups is 1. The highest BCUT2D eigenvalue weighted by Gasteiger charge is 2.22. The topological polar surface area (TPSA) is 43.1 Å². The van der Waals surface area contributed by atoms with Crippen LogP contribution in [-0.2, 0) is 0 Å². The molecule has 11 heavy (non-hydrogen) atoms. The number of thioether (sulfide) groups is 1. The molecular weight excluding hydrogens is 162 g/mol. The summed E-state index contributed by atoms with van der Waals surface area (Å²) in [5.41, 5.74) is 0. The van der Waals surface area contributed by atoms with E-state index in [2.05, 4.69) is 0 Å². The van der Waals surface area contributed by atoms with Gasteiger partial charge < -0.3 is 0 Å². The van der Waals surface area contributed by atoms with Gasteiger partial charge in [0.2, 0.25) is 6.04 Å². The lowest BCUT2D eigenvalue weighted by Gasteiger charge is -2.14. The Morgan fingerprint density at radius 1 is 1.27 bits per heavy atom. The predicted octanol–water partition coefficient (Wildman–Crippen LogP) is 2.18. The van der Waals surface area contributed by atoms with Crippen LogP contribution >= 0.6 is 11.8 Å². The van der Waals surface area contributed by atoms with E-state index in [9.17, 15) is 10.1 Å². The summed E-state index contributed by atoms with van der Waals surface area (Å²) in [6, 6.07) is -0.442. The number of hydrogen-bond acceptors (Lipinski definition) is 3. The molecule has 2 atom stereocenters. The summed E-state index contributed by atoms with van der Waals surface area (Å²) in [6.45, 7) is 7.65. The normalized spacial score (nSPS) is 16.5. The maximum Gasteiger partial charge on any atom is 0.221 e. The van der Waals surface area contributed by atoms with E-state index < -0.39 is 6.04 Å². The first-order valence-electron chi connectivity index (χ1n) is 3.74. The summed E-state index contributed by atoms with van der Waals surface area (Å²) in [4.78, 5) is 10.1. The summed E-state index contributed by atoms with van der Waals surface area (Å²) in [5, 5.41) is 10.9. The van der Waals surface area contributed by atoms with Gasteiger partial charge in [0, 0.05) is 11.8 Å². The van der Waals surface area contributed by atoms with Gasteiger partial charge >= 0.3 is 0 Å². The fourth-order valence-corrected chi connectivity index (χ4v) is 1.90. The van der Waals surface area contributed by atoms with Crippen molar-refractivity contribution in [2.75, 3.05) is 0 Å². The summed E-state index contributed by atoms with van der Waals surface area (Å²) in [7, 11) is 0. The predicted molar refractivity (Wildman–Crippen MR) is 48.6 cm³/mol. The Balaban J connectivity index is 3.82. The molecule has 0 saturated heterocycles. The molecule has 0 aliphatic carbocycles. The maximum atomic E-state index is 10.3. The third-order valence-electron chi connectivity index (χ3n) is 1.50. The molecule has 3 nitrogen and oxygen atoms in total. The van der Waals surface area contributed by atoms with Gasteiger partial charge in [-0.05, 0) is 12.2 Å². The van der Waals surface area contributed by atoms with Crippen molar-refractivity contribution in [2.45, 2.75) is 44.2 Å². The Labute approximate surface area is 71.7 Å². The zero-order chi connectivity index (χ0) is 9.02. The zero-order valence-corrected chi connectivity index (χ0v) is 8.22. The van der Waals surface area contributed by atoms with Crippen LogP contribution in [0.1, 0.15) is 27.7 Å². The van der Waals surface area contributed by atoms with E-state index in [0.29, 0.717) is 5.25 Å². The standard InChI is InChI=1S/C7H15NO2S/c1-5(2)11-7(4)6(3)8(9)10/h5-7H,1-4H3/t6-,7+/m1/s1. The Hall–Kier alpha value is -0.250. The Kier molecular flexibility index (Phi) is 4.49. The van der Waals surface area contributed by atoms with Crippen LogP contribution < -0.4 is 0 Å². The maximum absolute atomic E-state index is 10.3. The second-order valence-electron chi connectivity index (χ2n) is 2.92. The molecule has 0 aliphatic heterocycles. The quantitative estimate of drug-likeness (QED) is 0.488. The SMILES string of the molecule is CC(C)S[C@@H](C)[C@@H](C)[N+](=O)[O-]. The van der Waals surface area contributed by atoms with Gasteiger partial charge in [-0.25, -0.2) is 0 Å². The Bertz CT molecular complexity index is 138.